The fourth-order valence-corrected chi connectivity index (χ4v) is 4.55. The molecule has 0 aliphatic carbocycles. The van der Waals surface area contributed by atoms with E-state index < -0.39 is 0 Å². The van der Waals surface area contributed by atoms with Gasteiger partial charge in [0.1, 0.15) is 22.7 Å². The minimum Gasteiger partial charge on any atom is -0.497 e. The molecule has 3 heterocycles. The van der Waals surface area contributed by atoms with Crippen LogP contribution in [0.5, 0.6) is 5.75 Å². The van der Waals surface area contributed by atoms with Gasteiger partial charge >= 0.3 is 0 Å². The Kier molecular flexibility index (Phi) is 5.43. The highest BCUT2D eigenvalue weighted by molar-refractivity contribution is 7.18. The maximum atomic E-state index is 12.8. The molecule has 0 saturated carbocycles. The molecular weight excluding hydrogens is 372 g/mol. The molecule has 0 radical (unpaired) electrons. The molecule has 1 aliphatic rings. The van der Waals surface area contributed by atoms with Crippen LogP contribution >= 0.6 is 11.3 Å². The molecule has 0 unspecified atom stereocenters. The van der Waals surface area contributed by atoms with Gasteiger partial charge in [0.2, 0.25) is 5.91 Å². The third kappa shape index (κ3) is 3.80. The highest BCUT2D eigenvalue weighted by Crippen LogP contribution is 2.32. The molecule has 2 aromatic heterocycles. The molecule has 1 N–H and O–H groups in total. The molecule has 6 nitrogen and oxygen atoms in total. The second-order valence-corrected chi connectivity index (χ2v) is 8.10. The number of nitrogens with zero attached hydrogens (tertiary/aromatic N) is 3. The maximum Gasteiger partial charge on any atom is 0.229 e. The molecule has 1 aliphatic heterocycles. The lowest BCUT2D eigenvalue weighted by Crippen LogP contribution is -2.41. The third-order valence-electron chi connectivity index (χ3n) is 5.16. The summed E-state index contributed by atoms with van der Waals surface area (Å²) in [6, 6.07) is 9.62. The molecule has 4 rings (SSSR count). The summed E-state index contributed by atoms with van der Waals surface area (Å²) >= 11 is 1.72. The van der Waals surface area contributed by atoms with Crippen LogP contribution in [0.2, 0.25) is 0 Å². The van der Waals surface area contributed by atoms with Gasteiger partial charge in [-0.15, -0.1) is 11.3 Å². The van der Waals surface area contributed by atoms with Crippen LogP contribution in [0.4, 0.5) is 11.5 Å². The van der Waals surface area contributed by atoms with Crippen molar-refractivity contribution in [1.29, 1.82) is 0 Å². The van der Waals surface area contributed by atoms with Crippen molar-refractivity contribution in [2.75, 3.05) is 30.4 Å². The molecule has 0 bridgehead atoms. The molecule has 1 atom stereocenters. The average molecular weight is 397 g/mol. The van der Waals surface area contributed by atoms with E-state index in [9.17, 15) is 4.79 Å². The summed E-state index contributed by atoms with van der Waals surface area (Å²) in [4.78, 5) is 26.3. The lowest BCUT2D eigenvalue weighted by Gasteiger charge is -2.33. The van der Waals surface area contributed by atoms with E-state index in [-0.39, 0.29) is 11.8 Å². The van der Waals surface area contributed by atoms with Gasteiger partial charge in [-0.05, 0) is 49.6 Å². The highest BCUT2D eigenvalue weighted by Gasteiger charge is 2.28. The maximum absolute atomic E-state index is 12.8. The topological polar surface area (TPSA) is 67.4 Å². The number of hydrogen-bond acceptors (Lipinski definition) is 6. The SMILES string of the molecule is CCc1cc2c(N3CCC[C@H](C(=O)Nc4ccc(OC)cc4)C3)ncnc2s1. The van der Waals surface area contributed by atoms with E-state index in [1.54, 1.807) is 24.8 Å². The summed E-state index contributed by atoms with van der Waals surface area (Å²) in [5, 5.41) is 4.13. The predicted molar refractivity (Wildman–Crippen MR) is 113 cm³/mol. The molecule has 1 saturated heterocycles. The zero-order valence-electron chi connectivity index (χ0n) is 16.1. The van der Waals surface area contributed by atoms with Gasteiger partial charge in [-0.2, -0.15) is 0 Å². The van der Waals surface area contributed by atoms with E-state index in [4.69, 9.17) is 4.74 Å². The Hall–Kier alpha value is -2.67. The third-order valence-corrected chi connectivity index (χ3v) is 6.34. The first-order valence-corrected chi connectivity index (χ1v) is 10.4. The molecule has 7 heteroatoms. The number of fused-ring (bicyclic) bond motifs is 1. The number of aromatic nitrogens is 2. The number of rotatable bonds is 5. The van der Waals surface area contributed by atoms with E-state index in [1.165, 1.54) is 4.88 Å². The van der Waals surface area contributed by atoms with Gasteiger partial charge in [0.05, 0.1) is 18.4 Å². The van der Waals surface area contributed by atoms with Gasteiger partial charge < -0.3 is 15.0 Å². The van der Waals surface area contributed by atoms with Crippen molar-refractivity contribution in [3.8, 4) is 5.75 Å². The van der Waals surface area contributed by atoms with Crippen LogP contribution in [0.3, 0.4) is 0 Å². The van der Waals surface area contributed by atoms with Crippen LogP contribution in [0.15, 0.2) is 36.7 Å². The number of carbonyl (C=O) groups excluding carboxylic acids is 1. The fourth-order valence-electron chi connectivity index (χ4n) is 3.62. The average Bonchev–Trinajstić information content (AvgIpc) is 3.18. The van der Waals surface area contributed by atoms with Crippen molar-refractivity contribution in [2.24, 2.45) is 5.92 Å². The summed E-state index contributed by atoms with van der Waals surface area (Å²) in [5.74, 6) is 1.71. The van der Waals surface area contributed by atoms with Gasteiger partial charge in [-0.1, -0.05) is 6.92 Å². The quantitative estimate of drug-likeness (QED) is 0.703. The molecular formula is C21H24N4O2S. The summed E-state index contributed by atoms with van der Waals surface area (Å²) < 4.78 is 5.17. The monoisotopic (exact) mass is 396 g/mol. The number of piperidine rings is 1. The molecule has 0 spiro atoms. The zero-order chi connectivity index (χ0) is 19.5. The van der Waals surface area contributed by atoms with Gasteiger partial charge in [0.15, 0.2) is 0 Å². The largest absolute Gasteiger partial charge is 0.497 e. The second kappa shape index (κ2) is 8.14. The van der Waals surface area contributed by atoms with E-state index in [2.05, 4.69) is 33.2 Å². The normalized spacial score (nSPS) is 16.9. The molecule has 1 aromatic carbocycles. The molecule has 3 aromatic rings. The summed E-state index contributed by atoms with van der Waals surface area (Å²) in [7, 11) is 1.63. The van der Waals surface area contributed by atoms with Crippen molar-refractivity contribution >= 4 is 39.0 Å². The summed E-state index contributed by atoms with van der Waals surface area (Å²) in [6.45, 7) is 3.74. The number of ether oxygens (including phenoxy) is 1. The fraction of sp³-hybridized carbons (Fsp3) is 0.381. The number of methoxy groups -OCH3 is 1. The van der Waals surface area contributed by atoms with Crippen LogP contribution in [-0.4, -0.2) is 36.1 Å². The van der Waals surface area contributed by atoms with Crippen molar-refractivity contribution in [1.82, 2.24) is 9.97 Å². The number of nitrogens with one attached hydrogen (secondary N) is 1. The molecule has 146 valence electrons. The number of anilines is 2. The van der Waals surface area contributed by atoms with Crippen molar-refractivity contribution in [3.05, 3.63) is 41.5 Å². The van der Waals surface area contributed by atoms with Crippen molar-refractivity contribution < 1.29 is 9.53 Å². The van der Waals surface area contributed by atoms with Crippen LogP contribution in [-0.2, 0) is 11.2 Å². The molecule has 1 fully saturated rings. The van der Waals surface area contributed by atoms with Gasteiger partial charge in [-0.25, -0.2) is 9.97 Å². The Morgan fingerprint density at radius 2 is 2.14 bits per heavy atom. The molecule has 28 heavy (non-hydrogen) atoms. The first kappa shape index (κ1) is 18.7. The minimum atomic E-state index is -0.0647. The van der Waals surface area contributed by atoms with E-state index >= 15 is 0 Å². The Morgan fingerprint density at radius 1 is 1.32 bits per heavy atom. The van der Waals surface area contributed by atoms with Gasteiger partial charge in [-0.3, -0.25) is 4.79 Å². The number of aryl methyl sites for hydroxylation is 1. The molecule has 1 amide bonds. The number of thiophene rings is 1. The summed E-state index contributed by atoms with van der Waals surface area (Å²) in [5.41, 5.74) is 0.790. The van der Waals surface area contributed by atoms with Gasteiger partial charge in [0.25, 0.3) is 0 Å². The van der Waals surface area contributed by atoms with Crippen molar-refractivity contribution in [2.45, 2.75) is 26.2 Å². The van der Waals surface area contributed by atoms with E-state index in [1.807, 2.05) is 24.3 Å². The number of amides is 1. The number of hydrogen-bond donors (Lipinski definition) is 1. The van der Waals surface area contributed by atoms with E-state index in [0.29, 0.717) is 6.54 Å². The van der Waals surface area contributed by atoms with Crippen molar-refractivity contribution in [3.63, 3.8) is 0 Å². The van der Waals surface area contributed by atoms with Crippen LogP contribution in [0, 0.1) is 5.92 Å². The Labute approximate surface area is 168 Å². The Morgan fingerprint density at radius 3 is 2.89 bits per heavy atom. The lowest BCUT2D eigenvalue weighted by atomic mass is 9.97. The predicted octanol–water partition coefficient (Wildman–Crippen LogP) is 4.12. The van der Waals surface area contributed by atoms with Gasteiger partial charge in [0, 0.05) is 23.7 Å². The highest BCUT2D eigenvalue weighted by atomic mass is 32.1. The Bertz CT molecular complexity index is 970. The lowest BCUT2D eigenvalue weighted by molar-refractivity contribution is -0.120. The number of benzene rings is 1. The zero-order valence-corrected chi connectivity index (χ0v) is 17.0. The Balaban J connectivity index is 1.49. The first-order valence-electron chi connectivity index (χ1n) is 9.61. The minimum absolute atomic E-state index is 0.0553. The second-order valence-electron chi connectivity index (χ2n) is 6.99. The summed E-state index contributed by atoms with van der Waals surface area (Å²) in [6.07, 6.45) is 4.48. The smallest absolute Gasteiger partial charge is 0.229 e. The van der Waals surface area contributed by atoms with Crippen LogP contribution < -0.4 is 15.0 Å². The van der Waals surface area contributed by atoms with Crippen LogP contribution in [0.25, 0.3) is 10.2 Å². The number of carbonyl (C=O) groups is 1. The first-order chi connectivity index (χ1) is 13.7. The van der Waals surface area contributed by atoms with Crippen LogP contribution in [0.1, 0.15) is 24.6 Å². The van der Waals surface area contributed by atoms with E-state index in [0.717, 1.165) is 53.3 Å². The standard InChI is InChI=1S/C21H24N4O2S/c1-3-17-11-18-19(22-13-23-21(18)28-17)25-10-4-5-14(12-25)20(26)24-15-6-8-16(27-2)9-7-15/h6-9,11,13-14H,3-5,10,12H2,1-2H3,(H,24,26)/t14-/m0/s1.